The van der Waals surface area contributed by atoms with E-state index in [-0.39, 0.29) is 0 Å². The normalized spacial score (nSPS) is 12.6. The lowest BCUT2D eigenvalue weighted by atomic mass is 10.1. The van der Waals surface area contributed by atoms with E-state index in [1.54, 1.807) is 11.8 Å². The van der Waals surface area contributed by atoms with E-state index < -0.39 is 0 Å². The van der Waals surface area contributed by atoms with Gasteiger partial charge in [-0.05, 0) is 25.2 Å². The molecule has 3 N–H and O–H groups in total. The van der Waals surface area contributed by atoms with Crippen molar-refractivity contribution in [2.75, 3.05) is 19.3 Å². The van der Waals surface area contributed by atoms with Crippen LogP contribution in [0, 0.1) is 0 Å². The third kappa shape index (κ3) is 1.83. The number of likely N-dealkylation sites (N-methyl/N-ethyl adjacent to an activating group) is 1. The van der Waals surface area contributed by atoms with Crippen molar-refractivity contribution < 1.29 is 0 Å². The standard InChI is InChI=1S/C15H15N5S/c1-17-6-7-20-11-3-2-10(16)15-13(11)14(19-20)9-4-5-18-8-12(9)21-15/h2-5,8,17H,6-7,16H2,1H3. The van der Waals surface area contributed by atoms with Crippen LogP contribution in [0.5, 0.6) is 0 Å². The summed E-state index contributed by atoms with van der Waals surface area (Å²) in [6.07, 6.45) is 3.70. The number of nitrogens with one attached hydrogen (secondary N) is 1. The molecule has 1 aromatic carbocycles. The van der Waals surface area contributed by atoms with Crippen LogP contribution >= 0.6 is 11.8 Å². The van der Waals surface area contributed by atoms with Crippen LogP contribution in [0.3, 0.4) is 0 Å². The molecule has 0 bridgehead atoms. The van der Waals surface area contributed by atoms with E-state index in [1.807, 2.05) is 31.6 Å². The van der Waals surface area contributed by atoms with Crippen molar-refractivity contribution in [2.45, 2.75) is 16.3 Å². The van der Waals surface area contributed by atoms with Gasteiger partial charge in [0.2, 0.25) is 0 Å². The number of nitrogens with two attached hydrogens (primary N) is 1. The Bertz CT molecular complexity index is 839. The quantitative estimate of drug-likeness (QED) is 0.568. The second kappa shape index (κ2) is 4.75. The Labute approximate surface area is 126 Å². The Morgan fingerprint density at radius 2 is 2.24 bits per heavy atom. The molecule has 21 heavy (non-hydrogen) atoms. The van der Waals surface area contributed by atoms with Crippen LogP contribution in [0.25, 0.3) is 22.2 Å². The van der Waals surface area contributed by atoms with Gasteiger partial charge in [0, 0.05) is 45.4 Å². The van der Waals surface area contributed by atoms with Crippen LogP contribution in [0.2, 0.25) is 0 Å². The SMILES string of the molecule is CNCCn1nc2c3c(c(N)ccc31)Sc1cnccc1-2. The Hall–Kier alpha value is -2.05. The van der Waals surface area contributed by atoms with Gasteiger partial charge in [-0.3, -0.25) is 9.67 Å². The van der Waals surface area contributed by atoms with Crippen LogP contribution in [0.1, 0.15) is 0 Å². The Morgan fingerprint density at radius 3 is 3.10 bits per heavy atom. The maximum absolute atomic E-state index is 6.18. The van der Waals surface area contributed by atoms with Gasteiger partial charge in [-0.25, -0.2) is 0 Å². The van der Waals surface area contributed by atoms with Crippen molar-refractivity contribution in [1.82, 2.24) is 20.1 Å². The van der Waals surface area contributed by atoms with Crippen molar-refractivity contribution in [3.8, 4) is 11.3 Å². The van der Waals surface area contributed by atoms with E-state index in [0.717, 1.165) is 50.7 Å². The molecule has 0 amide bonds. The van der Waals surface area contributed by atoms with Gasteiger partial charge in [-0.2, -0.15) is 5.10 Å². The smallest absolute Gasteiger partial charge is 0.103 e. The molecule has 0 saturated carbocycles. The average Bonchev–Trinajstić information content (AvgIpc) is 2.88. The number of benzene rings is 1. The van der Waals surface area contributed by atoms with Crippen molar-refractivity contribution in [3.63, 3.8) is 0 Å². The molecule has 106 valence electrons. The summed E-state index contributed by atoms with van der Waals surface area (Å²) >= 11 is 1.68. The van der Waals surface area contributed by atoms with Crippen molar-refractivity contribution in [2.24, 2.45) is 0 Å². The molecule has 2 aromatic heterocycles. The van der Waals surface area contributed by atoms with Crippen LogP contribution in [0.4, 0.5) is 5.69 Å². The Morgan fingerprint density at radius 1 is 1.33 bits per heavy atom. The van der Waals surface area contributed by atoms with E-state index in [9.17, 15) is 0 Å². The van der Waals surface area contributed by atoms with E-state index in [1.165, 1.54) is 0 Å². The van der Waals surface area contributed by atoms with Gasteiger partial charge < -0.3 is 11.1 Å². The summed E-state index contributed by atoms with van der Waals surface area (Å²) in [6.45, 7) is 1.72. The van der Waals surface area contributed by atoms with E-state index in [4.69, 9.17) is 10.8 Å². The summed E-state index contributed by atoms with van der Waals surface area (Å²) in [5.74, 6) is 0. The summed E-state index contributed by atoms with van der Waals surface area (Å²) < 4.78 is 2.06. The highest BCUT2D eigenvalue weighted by atomic mass is 32.2. The zero-order chi connectivity index (χ0) is 14.4. The van der Waals surface area contributed by atoms with Gasteiger partial charge in [-0.1, -0.05) is 11.8 Å². The average molecular weight is 297 g/mol. The predicted octanol–water partition coefficient (Wildman–Crippen LogP) is 2.36. The van der Waals surface area contributed by atoms with Crippen LogP contribution in [-0.4, -0.2) is 28.4 Å². The minimum atomic E-state index is 0.802. The van der Waals surface area contributed by atoms with Gasteiger partial charge in [0.1, 0.15) is 5.69 Å². The molecule has 0 atom stereocenters. The lowest BCUT2D eigenvalue weighted by molar-refractivity contribution is 0.603. The molecule has 0 fully saturated rings. The molecule has 6 heteroatoms. The fourth-order valence-corrected chi connectivity index (χ4v) is 3.81. The Balaban J connectivity index is 2.03. The largest absolute Gasteiger partial charge is 0.398 e. The maximum atomic E-state index is 6.18. The zero-order valence-corrected chi connectivity index (χ0v) is 12.4. The molecule has 4 rings (SSSR count). The van der Waals surface area contributed by atoms with Gasteiger partial charge in [0.25, 0.3) is 0 Å². The van der Waals surface area contributed by atoms with Gasteiger partial charge in [-0.15, -0.1) is 0 Å². The monoisotopic (exact) mass is 297 g/mol. The van der Waals surface area contributed by atoms with Gasteiger partial charge >= 0.3 is 0 Å². The van der Waals surface area contributed by atoms with E-state index in [0.29, 0.717) is 0 Å². The third-order valence-electron chi connectivity index (χ3n) is 3.73. The highest BCUT2D eigenvalue weighted by Gasteiger charge is 2.25. The summed E-state index contributed by atoms with van der Waals surface area (Å²) in [7, 11) is 1.95. The lowest BCUT2D eigenvalue weighted by Crippen LogP contribution is -2.15. The third-order valence-corrected chi connectivity index (χ3v) is 4.92. The zero-order valence-electron chi connectivity index (χ0n) is 11.6. The summed E-state index contributed by atoms with van der Waals surface area (Å²) in [6, 6.07) is 6.05. The number of anilines is 1. The molecule has 0 spiro atoms. The first kappa shape index (κ1) is 12.7. The number of hydrogen-bond donors (Lipinski definition) is 2. The molecule has 0 aliphatic carbocycles. The number of nitrogens with zero attached hydrogens (tertiary/aromatic N) is 3. The lowest BCUT2D eigenvalue weighted by Gasteiger charge is -2.15. The van der Waals surface area contributed by atoms with Crippen molar-refractivity contribution >= 4 is 28.4 Å². The number of aromatic nitrogens is 3. The highest BCUT2D eigenvalue weighted by molar-refractivity contribution is 8.00. The minimum Gasteiger partial charge on any atom is -0.398 e. The fourth-order valence-electron chi connectivity index (χ4n) is 2.71. The number of rotatable bonds is 3. The maximum Gasteiger partial charge on any atom is 0.103 e. The molecular weight excluding hydrogens is 282 g/mol. The van der Waals surface area contributed by atoms with E-state index in [2.05, 4.69) is 21.0 Å². The first-order chi connectivity index (χ1) is 10.3. The van der Waals surface area contributed by atoms with Gasteiger partial charge in [0.05, 0.1) is 12.1 Å². The summed E-state index contributed by atoms with van der Waals surface area (Å²) in [4.78, 5) is 6.42. The second-order valence-electron chi connectivity index (χ2n) is 5.03. The summed E-state index contributed by atoms with van der Waals surface area (Å²) in [5.41, 5.74) is 10.3. The topological polar surface area (TPSA) is 68.8 Å². The second-order valence-corrected chi connectivity index (χ2v) is 6.08. The van der Waals surface area contributed by atoms with Gasteiger partial charge in [0.15, 0.2) is 0 Å². The minimum absolute atomic E-state index is 0.802. The fraction of sp³-hybridized carbons (Fsp3) is 0.200. The first-order valence-corrected chi connectivity index (χ1v) is 7.67. The van der Waals surface area contributed by atoms with Crippen molar-refractivity contribution in [3.05, 3.63) is 30.6 Å². The number of nitrogen functional groups attached to an aromatic ring is 1. The molecule has 3 aromatic rings. The number of pyridine rings is 1. The molecule has 0 unspecified atom stereocenters. The van der Waals surface area contributed by atoms with Crippen molar-refractivity contribution in [1.29, 1.82) is 0 Å². The molecule has 0 saturated heterocycles. The van der Waals surface area contributed by atoms with E-state index >= 15 is 0 Å². The van der Waals surface area contributed by atoms with Crippen LogP contribution in [0.15, 0.2) is 40.4 Å². The highest BCUT2D eigenvalue weighted by Crippen LogP contribution is 2.49. The first-order valence-electron chi connectivity index (χ1n) is 6.85. The molecule has 0 radical (unpaired) electrons. The van der Waals surface area contributed by atoms with Crippen LogP contribution < -0.4 is 11.1 Å². The Kier molecular flexibility index (Phi) is 2.87. The molecule has 5 nitrogen and oxygen atoms in total. The molecule has 3 heterocycles. The molecule has 1 aliphatic heterocycles. The number of fused-ring (bicyclic) bond motifs is 2. The molecule has 1 aliphatic rings. The molecular formula is C15H15N5S. The van der Waals surface area contributed by atoms with Crippen LogP contribution in [-0.2, 0) is 6.54 Å². The summed E-state index contributed by atoms with van der Waals surface area (Å²) in [5, 5.41) is 9.15. The number of hydrogen-bond acceptors (Lipinski definition) is 5. The predicted molar refractivity (Wildman–Crippen MR) is 85.4 cm³/mol.